The number of likely N-dealkylation sites (N-methyl/N-ethyl adjacent to an activating group) is 1. The molecular weight excluding hydrogens is 579 g/mol. The number of hydrogen-bond acceptors (Lipinski definition) is 7. The maximum atomic E-state index is 13.4. The third-order valence-corrected chi connectivity index (χ3v) is 7.92. The first-order valence-corrected chi connectivity index (χ1v) is 14.3. The number of carbonyl (C=O) groups excluding carboxylic acids is 2. The van der Waals surface area contributed by atoms with Crippen molar-refractivity contribution in [3.8, 4) is 0 Å². The van der Waals surface area contributed by atoms with Gasteiger partial charge in [0, 0.05) is 42.5 Å². The molecule has 0 bridgehead atoms. The first-order chi connectivity index (χ1) is 20.3. The number of hydrogen-bond donors (Lipinski definition) is 2. The highest BCUT2D eigenvalue weighted by atomic mass is 32.1. The van der Waals surface area contributed by atoms with Crippen molar-refractivity contribution in [2.24, 2.45) is 0 Å². The third kappa shape index (κ3) is 7.76. The molecule has 3 unspecified atom stereocenters. The molecule has 0 aliphatic rings. The number of amides is 2. The van der Waals surface area contributed by atoms with Gasteiger partial charge in [0.2, 0.25) is 0 Å². The van der Waals surface area contributed by atoms with E-state index in [2.05, 4.69) is 15.3 Å². The number of aromatic nitrogens is 2. The standard InChI is InChI=1S/C31H32F3N5O3S/c1-19-18-43-26(36-19)17-38(3)30(42)23-12-8-11-22(13-23)29(41)37-20(2)28(40)27(21-9-6-5-7-10-21)39(4)25-14-24(15-35-16-25)31(32,33)34/h5-16,18,20,27-28,40H,17H2,1-4H3,(H,37,41). The number of pyridine rings is 1. The summed E-state index contributed by atoms with van der Waals surface area (Å²) in [6.45, 7) is 3.81. The van der Waals surface area contributed by atoms with Gasteiger partial charge in [0.1, 0.15) is 5.01 Å². The SMILES string of the molecule is Cc1csc(CN(C)C(=O)c2cccc(C(=O)NC(C)C(O)C(c3ccccc3)N(C)c3cncc(C(F)(F)F)c3)c2)n1. The van der Waals surface area contributed by atoms with E-state index in [1.54, 1.807) is 69.6 Å². The van der Waals surface area contributed by atoms with Gasteiger partial charge < -0.3 is 20.2 Å². The largest absolute Gasteiger partial charge is 0.417 e. The summed E-state index contributed by atoms with van der Waals surface area (Å²) < 4.78 is 40.2. The molecule has 0 radical (unpaired) electrons. The Morgan fingerprint density at radius 2 is 1.72 bits per heavy atom. The molecule has 226 valence electrons. The van der Waals surface area contributed by atoms with E-state index in [-0.39, 0.29) is 17.2 Å². The van der Waals surface area contributed by atoms with Crippen LogP contribution in [-0.2, 0) is 12.7 Å². The maximum Gasteiger partial charge on any atom is 0.417 e. The van der Waals surface area contributed by atoms with E-state index in [1.807, 2.05) is 12.3 Å². The molecule has 0 aliphatic carbocycles. The number of aryl methyl sites for hydroxylation is 1. The minimum Gasteiger partial charge on any atom is -0.388 e. The van der Waals surface area contributed by atoms with E-state index in [4.69, 9.17) is 0 Å². The summed E-state index contributed by atoms with van der Waals surface area (Å²) in [6.07, 6.45) is -3.80. The molecule has 8 nitrogen and oxygen atoms in total. The molecule has 0 aliphatic heterocycles. The summed E-state index contributed by atoms with van der Waals surface area (Å²) in [6, 6.07) is 14.3. The van der Waals surface area contributed by atoms with Gasteiger partial charge in [-0.2, -0.15) is 13.2 Å². The highest BCUT2D eigenvalue weighted by molar-refractivity contribution is 7.09. The number of nitrogens with one attached hydrogen (secondary N) is 1. The molecule has 2 heterocycles. The normalized spacial score (nSPS) is 13.6. The van der Waals surface area contributed by atoms with Crippen LogP contribution in [0.25, 0.3) is 0 Å². The number of benzene rings is 2. The van der Waals surface area contributed by atoms with Crippen molar-refractivity contribution in [2.45, 2.75) is 44.8 Å². The number of thiazole rings is 1. The molecule has 0 saturated heterocycles. The number of rotatable bonds is 10. The fraction of sp³-hybridized carbons (Fsp3) is 0.290. The van der Waals surface area contributed by atoms with Crippen LogP contribution in [0.15, 0.2) is 78.4 Å². The number of aliphatic hydroxyl groups excluding tert-OH is 1. The molecule has 0 spiro atoms. The quantitative estimate of drug-likeness (QED) is 0.246. The topological polar surface area (TPSA) is 98.7 Å². The van der Waals surface area contributed by atoms with Crippen LogP contribution in [0.2, 0.25) is 0 Å². The third-order valence-electron chi connectivity index (χ3n) is 6.97. The Bertz CT molecular complexity index is 1560. The molecule has 43 heavy (non-hydrogen) atoms. The second-order valence-corrected chi connectivity index (χ2v) is 11.2. The van der Waals surface area contributed by atoms with Gasteiger partial charge in [-0.1, -0.05) is 36.4 Å². The number of halogens is 3. The van der Waals surface area contributed by atoms with Crippen molar-refractivity contribution >= 4 is 28.8 Å². The molecule has 2 aromatic heterocycles. The van der Waals surface area contributed by atoms with Crippen molar-refractivity contribution < 1.29 is 27.9 Å². The smallest absolute Gasteiger partial charge is 0.388 e. The van der Waals surface area contributed by atoms with Gasteiger partial charge in [0.05, 0.1) is 42.2 Å². The van der Waals surface area contributed by atoms with E-state index in [1.165, 1.54) is 33.4 Å². The zero-order valence-corrected chi connectivity index (χ0v) is 24.9. The Kier molecular flexibility index (Phi) is 9.82. The van der Waals surface area contributed by atoms with Crippen LogP contribution < -0.4 is 10.2 Å². The van der Waals surface area contributed by atoms with E-state index in [9.17, 15) is 27.9 Å². The molecule has 2 N–H and O–H groups in total. The summed E-state index contributed by atoms with van der Waals surface area (Å²) in [5.41, 5.74) is 1.27. The van der Waals surface area contributed by atoms with E-state index in [0.29, 0.717) is 17.7 Å². The van der Waals surface area contributed by atoms with Crippen molar-refractivity contribution in [2.75, 3.05) is 19.0 Å². The molecule has 3 atom stereocenters. The van der Waals surface area contributed by atoms with Crippen LogP contribution in [0.4, 0.5) is 18.9 Å². The van der Waals surface area contributed by atoms with Crippen LogP contribution in [0.5, 0.6) is 0 Å². The second kappa shape index (κ2) is 13.3. The van der Waals surface area contributed by atoms with Crippen molar-refractivity contribution in [3.63, 3.8) is 0 Å². The summed E-state index contributed by atoms with van der Waals surface area (Å²) in [7, 11) is 3.22. The first kappa shape index (κ1) is 31.6. The summed E-state index contributed by atoms with van der Waals surface area (Å²) in [4.78, 5) is 37.5. The lowest BCUT2D eigenvalue weighted by molar-refractivity contribution is -0.137. The zero-order valence-electron chi connectivity index (χ0n) is 24.0. The molecule has 0 saturated carbocycles. The molecule has 0 fully saturated rings. The molecule has 4 rings (SSSR count). The molecule has 2 aromatic carbocycles. The summed E-state index contributed by atoms with van der Waals surface area (Å²) in [5, 5.41) is 17.0. The Labute approximate surface area is 251 Å². The number of alkyl halides is 3. The van der Waals surface area contributed by atoms with Gasteiger partial charge in [-0.15, -0.1) is 11.3 Å². The minimum absolute atomic E-state index is 0.143. The predicted octanol–water partition coefficient (Wildman–Crippen LogP) is 5.49. The average molecular weight is 612 g/mol. The van der Waals surface area contributed by atoms with Crippen molar-refractivity contribution in [3.05, 3.63) is 111 Å². The Hall–Kier alpha value is -4.29. The van der Waals surface area contributed by atoms with Crippen LogP contribution in [0.1, 0.15) is 55.5 Å². The van der Waals surface area contributed by atoms with Gasteiger partial charge in [-0.3, -0.25) is 14.6 Å². The Morgan fingerprint density at radius 3 is 2.37 bits per heavy atom. The lowest BCUT2D eigenvalue weighted by Crippen LogP contribution is -2.48. The van der Waals surface area contributed by atoms with Gasteiger partial charge in [-0.25, -0.2) is 4.98 Å². The van der Waals surface area contributed by atoms with Crippen LogP contribution in [0.3, 0.4) is 0 Å². The van der Waals surface area contributed by atoms with Gasteiger partial charge >= 0.3 is 6.18 Å². The van der Waals surface area contributed by atoms with Crippen LogP contribution >= 0.6 is 11.3 Å². The Balaban J connectivity index is 1.52. The summed E-state index contributed by atoms with van der Waals surface area (Å²) in [5.74, 6) is -0.800. The average Bonchev–Trinajstić information content (AvgIpc) is 3.40. The zero-order chi connectivity index (χ0) is 31.3. The molecular formula is C31H32F3N5O3S. The maximum absolute atomic E-state index is 13.4. The van der Waals surface area contributed by atoms with E-state index in [0.717, 1.165) is 23.0 Å². The lowest BCUT2D eigenvalue weighted by Gasteiger charge is -2.36. The van der Waals surface area contributed by atoms with Crippen molar-refractivity contribution in [1.29, 1.82) is 0 Å². The molecule has 12 heteroatoms. The van der Waals surface area contributed by atoms with Crippen LogP contribution in [-0.4, -0.2) is 58.0 Å². The van der Waals surface area contributed by atoms with E-state index < -0.39 is 35.8 Å². The fourth-order valence-corrected chi connectivity index (χ4v) is 5.47. The number of carbonyl (C=O) groups is 2. The molecule has 4 aromatic rings. The molecule has 2 amide bonds. The van der Waals surface area contributed by atoms with E-state index >= 15 is 0 Å². The number of aliphatic hydroxyl groups is 1. The second-order valence-electron chi connectivity index (χ2n) is 10.3. The number of anilines is 1. The van der Waals surface area contributed by atoms with Gasteiger partial charge in [0.25, 0.3) is 11.8 Å². The predicted molar refractivity (Wildman–Crippen MR) is 159 cm³/mol. The highest BCUT2D eigenvalue weighted by Crippen LogP contribution is 2.34. The van der Waals surface area contributed by atoms with Crippen molar-refractivity contribution in [1.82, 2.24) is 20.2 Å². The summed E-state index contributed by atoms with van der Waals surface area (Å²) >= 11 is 1.46. The first-order valence-electron chi connectivity index (χ1n) is 13.4. The fourth-order valence-electron chi connectivity index (χ4n) is 4.65. The van der Waals surface area contributed by atoms with Gasteiger partial charge in [-0.05, 0) is 43.7 Å². The van der Waals surface area contributed by atoms with Crippen LogP contribution in [0, 0.1) is 6.92 Å². The minimum atomic E-state index is -4.59. The number of nitrogens with zero attached hydrogens (tertiary/aromatic N) is 4. The Morgan fingerprint density at radius 1 is 1.02 bits per heavy atom. The monoisotopic (exact) mass is 611 g/mol. The van der Waals surface area contributed by atoms with Gasteiger partial charge in [0.15, 0.2) is 0 Å². The lowest BCUT2D eigenvalue weighted by atomic mass is 9.94. The highest BCUT2D eigenvalue weighted by Gasteiger charge is 2.34.